The quantitative estimate of drug-likeness (QED) is 0.140. The smallest absolute Gasteiger partial charge is 0.0622 e. The van der Waals surface area contributed by atoms with E-state index in [0.29, 0.717) is 0 Å². The van der Waals surface area contributed by atoms with Gasteiger partial charge in [-0.3, -0.25) is 0 Å². The van der Waals surface area contributed by atoms with Gasteiger partial charge in [0.15, 0.2) is 0 Å². The Kier molecular flexibility index (Phi) is 14.8. The molecule has 0 N–H and O–H groups in total. The molecule has 1 spiro atoms. The number of hydrogen-bond acceptors (Lipinski definition) is 0. The van der Waals surface area contributed by atoms with E-state index in [-0.39, 0.29) is 10.8 Å². The van der Waals surface area contributed by atoms with Crippen LogP contribution in [0.15, 0.2) is 400 Å². The normalized spacial score (nSPS) is 13.8. The average molecular weight is 1460 g/mol. The van der Waals surface area contributed by atoms with Crippen molar-refractivity contribution >= 4 is 64.6 Å². The minimum absolute atomic E-state index is 0.0646. The van der Waals surface area contributed by atoms with Crippen molar-refractivity contribution < 1.29 is 0 Å². The van der Waals surface area contributed by atoms with E-state index in [0.717, 1.165) is 0 Å². The van der Waals surface area contributed by atoms with Crippen molar-refractivity contribution in [2.45, 2.75) is 43.9 Å². The zero-order chi connectivity index (χ0) is 76.4. The zero-order valence-electron chi connectivity index (χ0n) is 64.6. The van der Waals surface area contributed by atoms with Crippen LogP contribution in [0.2, 0.25) is 0 Å². The lowest BCUT2D eigenvalue weighted by Crippen LogP contribution is -2.25. The molecule has 20 aromatic carbocycles. The SMILES string of the molecule is CC1(C)c2cc3ccccc3cc2-c2c(-c3ccc(-c4c5ccccc5c(-c5ccc6c(c5)C5(c7ccccc7-c7ccccc75)c5ccccc5-6)c5ccccc45)cc3)cccc21.CC1(C)c2cc3ccccc3cc2-c2c(-c3ccc(-c4c5ccccc5c(-c5cccc(-c6ccccc6)c5)c5ccccc45)cc3)cccc21. The molecule has 0 amide bonds. The van der Waals surface area contributed by atoms with Crippen LogP contribution in [0.5, 0.6) is 0 Å². The van der Waals surface area contributed by atoms with Crippen molar-refractivity contribution in [3.63, 3.8) is 0 Å². The summed E-state index contributed by atoms with van der Waals surface area (Å²) >= 11 is 0. The van der Waals surface area contributed by atoms with Gasteiger partial charge < -0.3 is 0 Å². The molecule has 538 valence electrons. The van der Waals surface area contributed by atoms with Crippen LogP contribution in [0.3, 0.4) is 0 Å². The van der Waals surface area contributed by atoms with Crippen molar-refractivity contribution in [3.05, 3.63) is 445 Å². The highest BCUT2D eigenvalue weighted by Crippen LogP contribution is 2.64. The molecule has 0 saturated carbocycles. The van der Waals surface area contributed by atoms with Crippen molar-refractivity contribution in [3.8, 4) is 122 Å². The molecule has 0 unspecified atom stereocenters. The lowest BCUT2D eigenvalue weighted by atomic mass is 9.70. The molecule has 0 heteroatoms. The summed E-state index contributed by atoms with van der Waals surface area (Å²) in [7, 11) is 0. The van der Waals surface area contributed by atoms with E-state index < -0.39 is 5.41 Å². The third-order valence-corrected chi connectivity index (χ3v) is 26.5. The Balaban J connectivity index is 0.000000140. The second-order valence-electron chi connectivity index (χ2n) is 33.1. The molecule has 0 atom stereocenters. The third kappa shape index (κ3) is 9.86. The first-order valence-electron chi connectivity index (χ1n) is 40.6. The summed E-state index contributed by atoms with van der Waals surface area (Å²) in [6, 6.07) is 150. The minimum Gasteiger partial charge on any atom is -0.0622 e. The molecule has 0 heterocycles. The second kappa shape index (κ2) is 25.5. The molecule has 24 rings (SSSR count). The van der Waals surface area contributed by atoms with Crippen molar-refractivity contribution in [1.82, 2.24) is 0 Å². The fraction of sp³-hybridized carbons (Fsp3) is 0.0609. The van der Waals surface area contributed by atoms with Crippen LogP contribution in [0, 0.1) is 0 Å². The third-order valence-electron chi connectivity index (χ3n) is 26.5. The molecule has 115 heavy (non-hydrogen) atoms. The largest absolute Gasteiger partial charge is 0.0725 e. The maximum absolute atomic E-state index is 2.54. The molecule has 20 aromatic rings. The van der Waals surface area contributed by atoms with Gasteiger partial charge in [0, 0.05) is 10.8 Å². The zero-order valence-corrected chi connectivity index (χ0v) is 64.6. The standard InChI is InChI=1S/C64H42.C51H36/c1-63(2)57-29-15-25-44(62(57)53-36-41-16-3-4-17-42(41)37-58(53)63)39-30-32-40(33-31-39)60-49-21-5-7-23-51(49)61(52-24-8-6-22-50(52)60)43-34-35-48-47-20-11-14-28-56(47)64(59(48)38-43)54-26-12-9-18-45(54)46-19-10-13-27-55(46)64;1-51(2)46-25-13-24-40(50(46)45-31-37-16-6-7-17-38(37)32-47(45)51)34-26-28-35(29-27-34)48-41-20-8-10-22-43(41)49(44-23-11-9-21-42(44)48)39-19-12-18-36(30-39)33-14-4-3-5-15-33/h3-38H,1-2H3;3-32H,1-2H3. The Morgan fingerprint density at radius 3 is 0.826 bits per heavy atom. The Labute approximate surface area is 671 Å². The predicted octanol–water partition coefficient (Wildman–Crippen LogP) is 30.9. The summed E-state index contributed by atoms with van der Waals surface area (Å²) in [5.74, 6) is 0. The highest BCUT2D eigenvalue weighted by atomic mass is 14.5. The molecule has 4 aliphatic rings. The number of rotatable bonds is 7. The van der Waals surface area contributed by atoms with E-state index in [1.165, 1.54) is 232 Å². The Morgan fingerprint density at radius 1 is 0.139 bits per heavy atom. The van der Waals surface area contributed by atoms with Gasteiger partial charge in [-0.1, -0.05) is 392 Å². The Morgan fingerprint density at radius 2 is 0.417 bits per heavy atom. The van der Waals surface area contributed by atoms with Gasteiger partial charge in [-0.2, -0.15) is 0 Å². The maximum atomic E-state index is 2.54. The fourth-order valence-corrected chi connectivity index (χ4v) is 21.3. The number of fused-ring (bicyclic) bond motifs is 22. The molecule has 0 aromatic heterocycles. The van der Waals surface area contributed by atoms with Gasteiger partial charge in [0.05, 0.1) is 5.41 Å². The Hall–Kier alpha value is -14.0. The first-order chi connectivity index (χ1) is 56.6. The van der Waals surface area contributed by atoms with Gasteiger partial charge >= 0.3 is 0 Å². The van der Waals surface area contributed by atoms with Gasteiger partial charge in [-0.05, 0) is 268 Å². The highest BCUT2D eigenvalue weighted by molar-refractivity contribution is 6.23. The van der Waals surface area contributed by atoms with E-state index in [4.69, 9.17) is 0 Å². The van der Waals surface area contributed by atoms with Gasteiger partial charge in [-0.25, -0.2) is 0 Å². The second-order valence-corrected chi connectivity index (χ2v) is 33.1. The topological polar surface area (TPSA) is 0 Å². The van der Waals surface area contributed by atoms with Crippen molar-refractivity contribution in [1.29, 1.82) is 0 Å². The summed E-state index contributed by atoms with van der Waals surface area (Å²) < 4.78 is 0. The van der Waals surface area contributed by atoms with Crippen LogP contribution >= 0.6 is 0 Å². The molecule has 0 saturated heterocycles. The van der Waals surface area contributed by atoms with E-state index in [2.05, 4.69) is 428 Å². The highest BCUT2D eigenvalue weighted by Gasteiger charge is 2.52. The van der Waals surface area contributed by atoms with Crippen molar-refractivity contribution in [2.24, 2.45) is 0 Å². The molecule has 0 aliphatic heterocycles. The average Bonchev–Trinajstić information content (AvgIpc) is 1.52. The molecule has 4 aliphatic carbocycles. The van der Waals surface area contributed by atoms with Gasteiger partial charge in [0.1, 0.15) is 0 Å². The van der Waals surface area contributed by atoms with E-state index >= 15 is 0 Å². The minimum atomic E-state index is -0.396. The molecule has 0 fully saturated rings. The fourth-order valence-electron chi connectivity index (χ4n) is 21.3. The summed E-state index contributed by atoms with van der Waals surface area (Å²) in [4.78, 5) is 0. The first kappa shape index (κ1) is 66.7. The van der Waals surface area contributed by atoms with Crippen molar-refractivity contribution in [2.75, 3.05) is 0 Å². The maximum Gasteiger partial charge on any atom is 0.0725 e. The van der Waals surface area contributed by atoms with E-state index in [9.17, 15) is 0 Å². The van der Waals surface area contributed by atoms with Crippen LogP contribution in [-0.2, 0) is 16.2 Å². The summed E-state index contributed by atoms with van der Waals surface area (Å²) in [5, 5.41) is 15.3. The summed E-state index contributed by atoms with van der Waals surface area (Å²) in [6.45, 7) is 9.51. The summed E-state index contributed by atoms with van der Waals surface area (Å²) in [6.07, 6.45) is 0. The Bertz CT molecular complexity index is 7310. The van der Waals surface area contributed by atoms with Gasteiger partial charge in [0.25, 0.3) is 0 Å². The lowest BCUT2D eigenvalue weighted by molar-refractivity contribution is 0.661. The van der Waals surface area contributed by atoms with Crippen LogP contribution < -0.4 is 0 Å². The monoisotopic (exact) mass is 1460 g/mol. The van der Waals surface area contributed by atoms with Gasteiger partial charge in [-0.15, -0.1) is 0 Å². The number of hydrogen-bond donors (Lipinski definition) is 0. The molecule has 0 nitrogen and oxygen atoms in total. The molecular weight excluding hydrogens is 1380 g/mol. The van der Waals surface area contributed by atoms with Crippen LogP contribution in [0.1, 0.15) is 72.2 Å². The molecular formula is C115H78. The van der Waals surface area contributed by atoms with Crippen LogP contribution in [0.25, 0.3) is 187 Å². The molecule has 0 bridgehead atoms. The van der Waals surface area contributed by atoms with Crippen LogP contribution in [-0.4, -0.2) is 0 Å². The molecule has 0 radical (unpaired) electrons. The van der Waals surface area contributed by atoms with Crippen LogP contribution in [0.4, 0.5) is 0 Å². The van der Waals surface area contributed by atoms with Gasteiger partial charge in [0.2, 0.25) is 0 Å². The van der Waals surface area contributed by atoms with E-state index in [1.54, 1.807) is 0 Å². The van der Waals surface area contributed by atoms with E-state index in [1.807, 2.05) is 0 Å². The first-order valence-corrected chi connectivity index (χ1v) is 40.6. The number of benzene rings is 20. The predicted molar refractivity (Wildman–Crippen MR) is 487 cm³/mol. The lowest BCUT2D eigenvalue weighted by Gasteiger charge is -2.30. The summed E-state index contributed by atoms with van der Waals surface area (Å²) in [5.41, 5.74) is 38.9.